The predicted octanol–water partition coefficient (Wildman–Crippen LogP) is 4.53. The first-order chi connectivity index (χ1) is 14.0. The SMILES string of the molecule is O=C(O)CC(CCCCCC(F)(F)c1ccc2c(n1)NCCC2)c1cncnc1. The van der Waals surface area contributed by atoms with Crippen LogP contribution >= 0.6 is 0 Å². The molecule has 1 atom stereocenters. The van der Waals surface area contributed by atoms with E-state index in [4.69, 9.17) is 5.11 Å². The summed E-state index contributed by atoms with van der Waals surface area (Å²) in [5, 5.41) is 12.2. The lowest BCUT2D eigenvalue weighted by molar-refractivity contribution is -0.137. The van der Waals surface area contributed by atoms with Crippen LogP contribution in [0.25, 0.3) is 0 Å². The van der Waals surface area contributed by atoms with Crippen molar-refractivity contribution >= 4 is 11.8 Å². The number of unbranched alkanes of at least 4 members (excludes halogenated alkanes) is 2. The Balaban J connectivity index is 1.49. The fourth-order valence-corrected chi connectivity index (χ4v) is 3.69. The summed E-state index contributed by atoms with van der Waals surface area (Å²) in [5.41, 5.74) is 1.58. The first kappa shape index (κ1) is 21.1. The van der Waals surface area contributed by atoms with Crippen LogP contribution in [0.15, 0.2) is 30.9 Å². The minimum absolute atomic E-state index is 0.0183. The predicted molar refractivity (Wildman–Crippen MR) is 105 cm³/mol. The lowest BCUT2D eigenvalue weighted by atomic mass is 9.92. The van der Waals surface area contributed by atoms with E-state index in [-0.39, 0.29) is 24.5 Å². The molecule has 0 aromatic carbocycles. The molecule has 0 bridgehead atoms. The Bertz CT molecular complexity index is 818. The molecule has 2 N–H and O–H groups in total. The molecule has 1 aliphatic rings. The van der Waals surface area contributed by atoms with Gasteiger partial charge in [0, 0.05) is 25.4 Å². The number of aryl methyl sites for hydroxylation is 1. The van der Waals surface area contributed by atoms with E-state index in [1.165, 1.54) is 12.4 Å². The molecule has 0 radical (unpaired) electrons. The first-order valence-electron chi connectivity index (χ1n) is 10.0. The highest BCUT2D eigenvalue weighted by molar-refractivity contribution is 5.68. The number of carboxylic acid groups (broad SMARTS) is 1. The molecule has 0 saturated heterocycles. The van der Waals surface area contributed by atoms with Gasteiger partial charge in [-0.15, -0.1) is 0 Å². The van der Waals surface area contributed by atoms with Crippen LogP contribution in [-0.4, -0.2) is 32.6 Å². The Morgan fingerprint density at radius 3 is 2.76 bits per heavy atom. The molecule has 3 rings (SSSR count). The fourth-order valence-electron chi connectivity index (χ4n) is 3.69. The van der Waals surface area contributed by atoms with E-state index in [0.717, 1.165) is 30.5 Å². The number of pyridine rings is 1. The van der Waals surface area contributed by atoms with Gasteiger partial charge in [0.15, 0.2) is 0 Å². The summed E-state index contributed by atoms with van der Waals surface area (Å²) < 4.78 is 29.1. The zero-order valence-electron chi connectivity index (χ0n) is 16.3. The molecule has 156 valence electrons. The highest BCUT2D eigenvalue weighted by Gasteiger charge is 2.33. The summed E-state index contributed by atoms with van der Waals surface area (Å²) in [4.78, 5) is 23.1. The molecule has 1 unspecified atom stereocenters. The van der Waals surface area contributed by atoms with Crippen LogP contribution in [-0.2, 0) is 17.1 Å². The van der Waals surface area contributed by atoms with E-state index >= 15 is 0 Å². The second-order valence-electron chi connectivity index (χ2n) is 7.50. The number of nitrogens with one attached hydrogen (secondary N) is 1. The van der Waals surface area contributed by atoms with Crippen LogP contribution in [0.5, 0.6) is 0 Å². The molecule has 2 aromatic rings. The van der Waals surface area contributed by atoms with Crippen LogP contribution in [0.1, 0.15) is 67.7 Å². The van der Waals surface area contributed by atoms with Crippen LogP contribution in [0.4, 0.5) is 14.6 Å². The standard InChI is InChI=1S/C21H26F2N4O2/c22-21(23,18-8-7-15-6-4-10-26-20(15)27-18)9-3-1-2-5-16(11-19(28)29)17-12-24-14-25-13-17/h7-8,12-14,16H,1-6,9-11H2,(H,26,27)(H,28,29). The summed E-state index contributed by atoms with van der Waals surface area (Å²) in [6.07, 6.45) is 8.42. The lowest BCUT2D eigenvalue weighted by Gasteiger charge is -2.21. The molecule has 0 spiro atoms. The smallest absolute Gasteiger partial charge is 0.303 e. The number of fused-ring (bicyclic) bond motifs is 1. The van der Waals surface area contributed by atoms with Crippen molar-refractivity contribution in [2.75, 3.05) is 11.9 Å². The Labute approximate surface area is 168 Å². The number of aliphatic carboxylic acids is 1. The summed E-state index contributed by atoms with van der Waals surface area (Å²) in [6.45, 7) is 0.763. The number of alkyl halides is 2. The number of hydrogen-bond donors (Lipinski definition) is 2. The van der Waals surface area contributed by atoms with Crippen LogP contribution in [0, 0.1) is 0 Å². The van der Waals surface area contributed by atoms with Crippen LogP contribution < -0.4 is 5.32 Å². The average Bonchev–Trinajstić information content (AvgIpc) is 2.72. The Hall–Kier alpha value is -2.64. The highest BCUT2D eigenvalue weighted by atomic mass is 19.3. The minimum atomic E-state index is -2.97. The molecule has 2 aromatic heterocycles. The molecule has 0 saturated carbocycles. The van der Waals surface area contributed by atoms with E-state index in [1.807, 2.05) is 0 Å². The Morgan fingerprint density at radius 1 is 1.21 bits per heavy atom. The van der Waals surface area contributed by atoms with Gasteiger partial charge in [0.05, 0.1) is 6.42 Å². The molecular formula is C21H26F2N4O2. The molecule has 3 heterocycles. The van der Waals surface area contributed by atoms with E-state index in [1.54, 1.807) is 18.5 Å². The van der Waals surface area contributed by atoms with Gasteiger partial charge in [-0.1, -0.05) is 18.9 Å². The second kappa shape index (κ2) is 9.71. The second-order valence-corrected chi connectivity index (χ2v) is 7.50. The highest BCUT2D eigenvalue weighted by Crippen LogP contribution is 2.35. The molecule has 1 aliphatic heterocycles. The molecule has 6 nitrogen and oxygen atoms in total. The van der Waals surface area contributed by atoms with Gasteiger partial charge in [0.2, 0.25) is 0 Å². The summed E-state index contributed by atoms with van der Waals surface area (Å²) in [6, 6.07) is 3.18. The number of carboxylic acids is 1. The number of halogens is 2. The van der Waals surface area contributed by atoms with Crippen molar-refractivity contribution in [3.05, 3.63) is 47.7 Å². The maximum atomic E-state index is 14.6. The van der Waals surface area contributed by atoms with Crippen LogP contribution in [0.2, 0.25) is 0 Å². The number of hydrogen-bond acceptors (Lipinski definition) is 5. The fraction of sp³-hybridized carbons (Fsp3) is 0.524. The number of carbonyl (C=O) groups is 1. The van der Waals surface area contributed by atoms with Crippen molar-refractivity contribution in [1.29, 1.82) is 0 Å². The molecule has 0 aliphatic carbocycles. The van der Waals surface area contributed by atoms with E-state index in [2.05, 4.69) is 20.3 Å². The van der Waals surface area contributed by atoms with E-state index in [0.29, 0.717) is 31.5 Å². The van der Waals surface area contributed by atoms with Crippen molar-refractivity contribution in [3.8, 4) is 0 Å². The van der Waals surface area contributed by atoms with Crippen molar-refractivity contribution in [1.82, 2.24) is 15.0 Å². The maximum absolute atomic E-state index is 14.6. The number of anilines is 1. The number of aromatic nitrogens is 3. The summed E-state index contributed by atoms with van der Waals surface area (Å²) in [7, 11) is 0. The third-order valence-corrected chi connectivity index (χ3v) is 5.29. The van der Waals surface area contributed by atoms with Gasteiger partial charge in [0.1, 0.15) is 17.8 Å². The summed E-state index contributed by atoms with van der Waals surface area (Å²) >= 11 is 0. The zero-order valence-corrected chi connectivity index (χ0v) is 16.3. The van der Waals surface area contributed by atoms with Crippen molar-refractivity contribution in [2.24, 2.45) is 0 Å². The van der Waals surface area contributed by atoms with Gasteiger partial charge in [-0.25, -0.2) is 15.0 Å². The van der Waals surface area contributed by atoms with Gasteiger partial charge in [-0.05, 0) is 48.8 Å². The zero-order chi connectivity index (χ0) is 20.7. The topological polar surface area (TPSA) is 88.0 Å². The number of rotatable bonds is 10. The summed E-state index contributed by atoms with van der Waals surface area (Å²) in [5.74, 6) is -3.49. The van der Waals surface area contributed by atoms with Crippen molar-refractivity contribution in [3.63, 3.8) is 0 Å². The Kier molecular flexibility index (Phi) is 7.06. The van der Waals surface area contributed by atoms with Gasteiger partial charge in [0.25, 0.3) is 5.92 Å². The van der Waals surface area contributed by atoms with E-state index in [9.17, 15) is 13.6 Å². The lowest BCUT2D eigenvalue weighted by Crippen LogP contribution is -2.19. The normalized spacial score (nSPS) is 14.7. The monoisotopic (exact) mass is 404 g/mol. The third kappa shape index (κ3) is 5.92. The molecule has 8 heteroatoms. The third-order valence-electron chi connectivity index (χ3n) is 5.29. The van der Waals surface area contributed by atoms with Crippen molar-refractivity contribution in [2.45, 2.75) is 63.2 Å². The molecular weight excluding hydrogens is 378 g/mol. The van der Waals surface area contributed by atoms with E-state index < -0.39 is 11.9 Å². The number of nitrogens with zero attached hydrogens (tertiary/aromatic N) is 3. The van der Waals surface area contributed by atoms with Crippen molar-refractivity contribution < 1.29 is 18.7 Å². The van der Waals surface area contributed by atoms with Gasteiger partial charge >= 0.3 is 5.97 Å². The van der Waals surface area contributed by atoms with Gasteiger partial charge in [-0.2, -0.15) is 8.78 Å². The average molecular weight is 404 g/mol. The maximum Gasteiger partial charge on any atom is 0.303 e. The minimum Gasteiger partial charge on any atom is -0.481 e. The largest absolute Gasteiger partial charge is 0.481 e. The molecule has 0 fully saturated rings. The van der Waals surface area contributed by atoms with Gasteiger partial charge in [-0.3, -0.25) is 4.79 Å². The van der Waals surface area contributed by atoms with Gasteiger partial charge < -0.3 is 10.4 Å². The molecule has 29 heavy (non-hydrogen) atoms. The Morgan fingerprint density at radius 2 is 2.00 bits per heavy atom. The molecule has 0 amide bonds. The van der Waals surface area contributed by atoms with Crippen LogP contribution in [0.3, 0.4) is 0 Å². The quantitative estimate of drug-likeness (QED) is 0.566. The first-order valence-corrected chi connectivity index (χ1v) is 10.0.